The van der Waals surface area contributed by atoms with E-state index in [2.05, 4.69) is 23.6 Å². The molecule has 0 aliphatic rings. The van der Waals surface area contributed by atoms with Crippen molar-refractivity contribution in [2.24, 2.45) is 10.1 Å². The third-order valence-corrected chi connectivity index (χ3v) is 6.77. The van der Waals surface area contributed by atoms with Crippen molar-refractivity contribution in [3.05, 3.63) is 103 Å². The van der Waals surface area contributed by atoms with Crippen molar-refractivity contribution in [1.82, 2.24) is 4.68 Å². The highest BCUT2D eigenvalue weighted by atomic mass is 32.1. The predicted molar refractivity (Wildman–Crippen MR) is 132 cm³/mol. The summed E-state index contributed by atoms with van der Waals surface area (Å²) in [5.41, 5.74) is 4.33. The molecular weight excluding hydrogens is 440 g/mol. The summed E-state index contributed by atoms with van der Waals surface area (Å²) in [6.07, 6.45) is 0.847. The molecule has 0 N–H and O–H groups in total. The number of thiophene rings is 1. The lowest BCUT2D eigenvalue weighted by Crippen LogP contribution is -2.15. The highest BCUT2D eigenvalue weighted by Gasteiger charge is 2.14. The number of nitro groups is 1. The zero-order valence-electron chi connectivity index (χ0n) is 17.8. The van der Waals surface area contributed by atoms with E-state index in [0.717, 1.165) is 21.8 Å². The molecule has 0 atom stereocenters. The van der Waals surface area contributed by atoms with Gasteiger partial charge >= 0.3 is 0 Å². The summed E-state index contributed by atoms with van der Waals surface area (Å²) in [5.74, 6) is 0. The molecule has 0 unspecified atom stereocenters. The van der Waals surface area contributed by atoms with Crippen molar-refractivity contribution in [2.75, 3.05) is 6.54 Å². The van der Waals surface area contributed by atoms with E-state index in [4.69, 9.17) is 10.1 Å². The van der Waals surface area contributed by atoms with E-state index >= 15 is 0 Å². The van der Waals surface area contributed by atoms with Crippen LogP contribution in [0.4, 0.5) is 5.69 Å². The maximum absolute atomic E-state index is 11.4. The van der Waals surface area contributed by atoms with Gasteiger partial charge in [-0.15, -0.1) is 22.7 Å². The molecule has 0 saturated carbocycles. The summed E-state index contributed by atoms with van der Waals surface area (Å²) >= 11 is 3.19. The van der Waals surface area contributed by atoms with Gasteiger partial charge in [0.05, 0.1) is 21.2 Å². The maximum atomic E-state index is 11.4. The second-order valence-electron chi connectivity index (χ2n) is 7.25. The molecule has 0 radical (unpaired) electrons. The molecule has 162 valence electrons. The zero-order chi connectivity index (χ0) is 22.5. The minimum Gasteiger partial charge on any atom is -0.258 e. The molecule has 2 aromatic carbocycles. The van der Waals surface area contributed by atoms with Gasteiger partial charge in [0.1, 0.15) is 0 Å². The van der Waals surface area contributed by atoms with Gasteiger partial charge in [-0.1, -0.05) is 48.5 Å². The lowest BCUT2D eigenvalue weighted by Gasteiger charge is -2.06. The first-order valence-electron chi connectivity index (χ1n) is 10.1. The third kappa shape index (κ3) is 4.92. The van der Waals surface area contributed by atoms with Crippen molar-refractivity contribution in [3.63, 3.8) is 0 Å². The van der Waals surface area contributed by atoms with Crippen LogP contribution < -0.4 is 4.80 Å². The van der Waals surface area contributed by atoms with E-state index in [0.29, 0.717) is 23.4 Å². The highest BCUT2D eigenvalue weighted by Crippen LogP contribution is 2.26. The number of benzene rings is 2. The summed E-state index contributed by atoms with van der Waals surface area (Å²) in [4.78, 5) is 17.7. The molecule has 0 saturated heterocycles. The number of aryl methyl sites for hydroxylation is 1. The van der Waals surface area contributed by atoms with Gasteiger partial charge in [0, 0.05) is 29.1 Å². The molecule has 8 heteroatoms. The number of nitrogens with zero attached hydrogens (tertiary/aromatic N) is 4. The van der Waals surface area contributed by atoms with Crippen molar-refractivity contribution in [2.45, 2.75) is 20.3 Å². The minimum absolute atomic E-state index is 0.0959. The molecule has 32 heavy (non-hydrogen) atoms. The first-order valence-corrected chi connectivity index (χ1v) is 11.9. The van der Waals surface area contributed by atoms with Crippen molar-refractivity contribution in [3.8, 4) is 10.6 Å². The second-order valence-corrected chi connectivity index (χ2v) is 9.04. The van der Waals surface area contributed by atoms with Gasteiger partial charge in [0.2, 0.25) is 4.80 Å². The number of rotatable bonds is 7. The van der Waals surface area contributed by atoms with Crippen molar-refractivity contribution < 1.29 is 4.92 Å². The van der Waals surface area contributed by atoms with Crippen LogP contribution >= 0.6 is 22.7 Å². The topological polar surface area (TPSA) is 72.8 Å². The van der Waals surface area contributed by atoms with Crippen LogP contribution in [0, 0.1) is 17.0 Å². The second kappa shape index (κ2) is 9.84. The van der Waals surface area contributed by atoms with Crippen molar-refractivity contribution in [1.29, 1.82) is 0 Å². The van der Waals surface area contributed by atoms with E-state index in [1.54, 1.807) is 41.7 Å². The molecule has 0 aliphatic heterocycles. The molecule has 0 spiro atoms. The quantitative estimate of drug-likeness (QED) is 0.195. The van der Waals surface area contributed by atoms with Crippen LogP contribution in [0.2, 0.25) is 0 Å². The van der Waals surface area contributed by atoms with Gasteiger partial charge in [0.25, 0.3) is 5.69 Å². The van der Waals surface area contributed by atoms with Crippen LogP contribution in [0.15, 0.2) is 81.5 Å². The largest absolute Gasteiger partial charge is 0.272 e. The number of hydrogen-bond donors (Lipinski definition) is 0. The molecule has 4 rings (SSSR count). The third-order valence-electron chi connectivity index (χ3n) is 5.02. The normalized spacial score (nSPS) is 12.3. The lowest BCUT2D eigenvalue weighted by atomic mass is 10.1. The summed E-state index contributed by atoms with van der Waals surface area (Å²) in [6, 6.07) is 19.5. The number of thiazole rings is 1. The smallest absolute Gasteiger partial charge is 0.258 e. The first kappa shape index (κ1) is 21.9. The van der Waals surface area contributed by atoms with Crippen LogP contribution in [-0.4, -0.2) is 21.9 Å². The average Bonchev–Trinajstić information content (AvgIpc) is 3.45. The maximum Gasteiger partial charge on any atom is 0.272 e. The zero-order valence-corrected chi connectivity index (χ0v) is 19.4. The molecular formula is C24H22N4O2S2. The Morgan fingerprint density at radius 3 is 2.62 bits per heavy atom. The standard InChI is InChI=1S/C24H22N4O2S2/c1-17-10-11-20(15-21(17)28(29)30)18(2)26-27-22(23-9-6-14-31-23)16-32-24(27)25-13-12-19-7-4-3-5-8-19/h3-11,14-16H,12-13H2,1-2H3. The van der Waals surface area contributed by atoms with Crippen LogP contribution in [0.5, 0.6) is 0 Å². The van der Waals surface area contributed by atoms with E-state index in [1.165, 1.54) is 5.56 Å². The van der Waals surface area contributed by atoms with E-state index in [1.807, 2.05) is 47.3 Å². The molecule has 6 nitrogen and oxygen atoms in total. The van der Waals surface area contributed by atoms with Gasteiger partial charge < -0.3 is 0 Å². The van der Waals surface area contributed by atoms with Gasteiger partial charge in [-0.25, -0.2) is 4.68 Å². The monoisotopic (exact) mass is 462 g/mol. The Labute approximate surface area is 194 Å². The fourth-order valence-corrected chi connectivity index (χ4v) is 4.91. The molecule has 4 aromatic rings. The fraction of sp³-hybridized carbons (Fsp3) is 0.167. The molecule has 0 bridgehead atoms. The van der Waals surface area contributed by atoms with Crippen LogP contribution in [0.1, 0.15) is 23.6 Å². The van der Waals surface area contributed by atoms with Crippen LogP contribution in [-0.2, 0) is 6.42 Å². The number of nitro benzene ring substituents is 1. The Bertz CT molecular complexity index is 1320. The Kier molecular flexibility index (Phi) is 6.72. The van der Waals surface area contributed by atoms with Crippen molar-refractivity contribution >= 4 is 34.1 Å². The Morgan fingerprint density at radius 1 is 1.09 bits per heavy atom. The van der Waals surface area contributed by atoms with Gasteiger partial charge in [-0.2, -0.15) is 5.10 Å². The van der Waals surface area contributed by atoms with Gasteiger partial charge in [-0.3, -0.25) is 15.1 Å². The molecule has 0 amide bonds. The molecule has 0 aliphatic carbocycles. The Morgan fingerprint density at radius 2 is 1.91 bits per heavy atom. The summed E-state index contributed by atoms with van der Waals surface area (Å²) < 4.78 is 1.85. The van der Waals surface area contributed by atoms with Gasteiger partial charge in [-0.05, 0) is 37.3 Å². The summed E-state index contributed by atoms with van der Waals surface area (Å²) in [5, 5.41) is 20.3. The lowest BCUT2D eigenvalue weighted by molar-refractivity contribution is -0.385. The summed E-state index contributed by atoms with van der Waals surface area (Å²) in [6.45, 7) is 4.25. The number of aromatic nitrogens is 1. The van der Waals surface area contributed by atoms with Gasteiger partial charge in [0.15, 0.2) is 0 Å². The molecule has 0 fully saturated rings. The first-order chi connectivity index (χ1) is 15.5. The van der Waals surface area contributed by atoms with E-state index in [-0.39, 0.29) is 10.6 Å². The molecule has 2 heterocycles. The minimum atomic E-state index is -0.356. The van der Waals surface area contributed by atoms with Crippen LogP contribution in [0.3, 0.4) is 0 Å². The Balaban J connectivity index is 1.73. The summed E-state index contributed by atoms with van der Waals surface area (Å²) in [7, 11) is 0. The molecule has 2 aromatic heterocycles. The fourth-order valence-electron chi connectivity index (χ4n) is 3.26. The number of hydrogen-bond acceptors (Lipinski definition) is 6. The van der Waals surface area contributed by atoms with E-state index < -0.39 is 0 Å². The highest BCUT2D eigenvalue weighted by molar-refractivity contribution is 7.14. The Hall–Kier alpha value is -3.36. The van der Waals surface area contributed by atoms with E-state index in [9.17, 15) is 10.1 Å². The SMILES string of the molecule is CC(=Nn1c(-c2cccs2)csc1=NCCc1ccccc1)c1ccc(C)c([N+](=O)[O-])c1. The van der Waals surface area contributed by atoms with Crippen LogP contribution in [0.25, 0.3) is 10.6 Å². The average molecular weight is 463 g/mol. The predicted octanol–water partition coefficient (Wildman–Crippen LogP) is 5.91.